The second-order valence-electron chi connectivity index (χ2n) is 4.98. The van der Waals surface area contributed by atoms with Crippen LogP contribution in [0.4, 0.5) is 0 Å². The van der Waals surface area contributed by atoms with E-state index in [-0.39, 0.29) is 0 Å². The summed E-state index contributed by atoms with van der Waals surface area (Å²) >= 11 is 3.53. The lowest BCUT2D eigenvalue weighted by atomic mass is 9.94. The molecule has 0 bridgehead atoms. The second-order valence-corrected chi connectivity index (χ2v) is 5.90. The van der Waals surface area contributed by atoms with Crippen molar-refractivity contribution >= 4 is 15.9 Å². The van der Waals surface area contributed by atoms with Crippen molar-refractivity contribution in [2.45, 2.75) is 33.1 Å². The Hall–Kier alpha value is -1.28. The number of aryl methyl sites for hydroxylation is 2. The molecule has 0 spiro atoms. The molecule has 0 unspecified atom stereocenters. The van der Waals surface area contributed by atoms with E-state index in [1.165, 1.54) is 22.3 Å². The first-order valence-electron chi connectivity index (χ1n) is 6.82. The minimum Gasteiger partial charge on any atom is -0.456 e. The molecule has 0 atom stereocenters. The van der Waals surface area contributed by atoms with Gasteiger partial charge < -0.3 is 4.74 Å². The van der Waals surface area contributed by atoms with E-state index in [9.17, 15) is 0 Å². The molecule has 0 aliphatic carbocycles. The van der Waals surface area contributed by atoms with Gasteiger partial charge in [0.05, 0.1) is 0 Å². The molecular formula is C17H17BrO. The van der Waals surface area contributed by atoms with Gasteiger partial charge >= 0.3 is 0 Å². The fraction of sp³-hybridized carbons (Fsp3) is 0.294. The first-order chi connectivity index (χ1) is 9.21. The summed E-state index contributed by atoms with van der Waals surface area (Å²) in [6, 6.07) is 10.8. The second kappa shape index (κ2) is 5.01. The van der Waals surface area contributed by atoms with Gasteiger partial charge in [-0.2, -0.15) is 0 Å². The lowest BCUT2D eigenvalue weighted by Gasteiger charge is -2.23. The highest BCUT2D eigenvalue weighted by molar-refractivity contribution is 9.10. The SMILES string of the molecule is CCc1cc(CC)c2c(c1)Cc1cc(Br)ccc1O2. The molecule has 1 aliphatic rings. The van der Waals surface area contributed by atoms with E-state index in [1.54, 1.807) is 0 Å². The van der Waals surface area contributed by atoms with Gasteiger partial charge in [0.15, 0.2) is 0 Å². The predicted molar refractivity (Wildman–Crippen MR) is 82.2 cm³/mol. The molecule has 0 fully saturated rings. The molecule has 2 heteroatoms. The summed E-state index contributed by atoms with van der Waals surface area (Å²) in [5, 5.41) is 0. The molecule has 2 aromatic carbocycles. The van der Waals surface area contributed by atoms with Crippen LogP contribution in [0.5, 0.6) is 11.5 Å². The Morgan fingerprint density at radius 2 is 1.89 bits per heavy atom. The maximum atomic E-state index is 6.13. The average Bonchev–Trinajstić information content (AvgIpc) is 2.43. The van der Waals surface area contributed by atoms with Crippen molar-refractivity contribution in [2.75, 3.05) is 0 Å². The van der Waals surface area contributed by atoms with Crippen molar-refractivity contribution in [2.24, 2.45) is 0 Å². The van der Waals surface area contributed by atoms with Gasteiger partial charge in [0.25, 0.3) is 0 Å². The number of benzene rings is 2. The number of hydrogen-bond donors (Lipinski definition) is 0. The van der Waals surface area contributed by atoms with Crippen LogP contribution >= 0.6 is 15.9 Å². The van der Waals surface area contributed by atoms with Crippen LogP contribution in [0.25, 0.3) is 0 Å². The van der Waals surface area contributed by atoms with Gasteiger partial charge in [-0.25, -0.2) is 0 Å². The van der Waals surface area contributed by atoms with Crippen molar-refractivity contribution in [1.29, 1.82) is 0 Å². The van der Waals surface area contributed by atoms with E-state index in [2.05, 4.69) is 54.0 Å². The number of ether oxygens (including phenoxy) is 1. The van der Waals surface area contributed by atoms with Crippen LogP contribution in [0.1, 0.15) is 36.1 Å². The van der Waals surface area contributed by atoms with E-state index in [4.69, 9.17) is 4.74 Å². The van der Waals surface area contributed by atoms with Gasteiger partial charge in [-0.05, 0) is 47.7 Å². The van der Waals surface area contributed by atoms with Crippen molar-refractivity contribution in [1.82, 2.24) is 0 Å². The summed E-state index contributed by atoms with van der Waals surface area (Å²) in [5.41, 5.74) is 5.31. The Kier molecular flexibility index (Phi) is 3.36. The van der Waals surface area contributed by atoms with Gasteiger partial charge in [-0.15, -0.1) is 0 Å². The highest BCUT2D eigenvalue weighted by Crippen LogP contribution is 2.40. The largest absolute Gasteiger partial charge is 0.456 e. The Balaban J connectivity index is 2.11. The molecule has 0 N–H and O–H groups in total. The summed E-state index contributed by atoms with van der Waals surface area (Å²) in [6.07, 6.45) is 3.05. The quantitative estimate of drug-likeness (QED) is 0.625. The number of halogens is 1. The Morgan fingerprint density at radius 1 is 1.05 bits per heavy atom. The lowest BCUT2D eigenvalue weighted by Crippen LogP contribution is -2.06. The summed E-state index contributed by atoms with van der Waals surface area (Å²) in [6.45, 7) is 4.39. The van der Waals surface area contributed by atoms with Crippen LogP contribution in [0.3, 0.4) is 0 Å². The van der Waals surface area contributed by atoms with E-state index >= 15 is 0 Å². The maximum absolute atomic E-state index is 6.13. The van der Waals surface area contributed by atoms with Crippen LogP contribution in [-0.4, -0.2) is 0 Å². The van der Waals surface area contributed by atoms with Crippen molar-refractivity contribution < 1.29 is 4.74 Å². The van der Waals surface area contributed by atoms with Crippen LogP contribution in [0, 0.1) is 0 Å². The van der Waals surface area contributed by atoms with Crippen molar-refractivity contribution in [3.8, 4) is 11.5 Å². The normalized spacial score (nSPS) is 12.6. The summed E-state index contributed by atoms with van der Waals surface area (Å²) < 4.78 is 7.24. The van der Waals surface area contributed by atoms with Gasteiger partial charge in [-0.3, -0.25) is 0 Å². The zero-order valence-corrected chi connectivity index (χ0v) is 12.9. The van der Waals surface area contributed by atoms with E-state index in [0.717, 1.165) is 35.2 Å². The van der Waals surface area contributed by atoms with Crippen molar-refractivity contribution in [3.05, 3.63) is 57.1 Å². The molecule has 1 nitrogen and oxygen atoms in total. The van der Waals surface area contributed by atoms with Crippen molar-refractivity contribution in [3.63, 3.8) is 0 Å². The monoisotopic (exact) mass is 316 g/mol. The predicted octanol–water partition coefficient (Wildman–Crippen LogP) is 5.27. The molecule has 0 aromatic heterocycles. The Morgan fingerprint density at radius 3 is 2.63 bits per heavy atom. The average molecular weight is 317 g/mol. The standard InChI is InChI=1S/C17H17BrO/c1-3-11-7-12(4-2)17-14(8-11)9-13-10-15(18)5-6-16(13)19-17/h5-8,10H,3-4,9H2,1-2H3. The molecule has 3 rings (SSSR count). The summed E-state index contributed by atoms with van der Waals surface area (Å²) in [7, 11) is 0. The molecule has 0 saturated carbocycles. The van der Waals surface area contributed by atoms with E-state index in [0.29, 0.717) is 0 Å². The zero-order valence-electron chi connectivity index (χ0n) is 11.3. The van der Waals surface area contributed by atoms with Gasteiger partial charge in [0.2, 0.25) is 0 Å². The molecule has 1 aliphatic heterocycles. The lowest BCUT2D eigenvalue weighted by molar-refractivity contribution is 0.454. The molecule has 0 saturated heterocycles. The highest BCUT2D eigenvalue weighted by Gasteiger charge is 2.20. The van der Waals surface area contributed by atoms with E-state index < -0.39 is 0 Å². The van der Waals surface area contributed by atoms with Gasteiger partial charge in [0, 0.05) is 16.5 Å². The first-order valence-corrected chi connectivity index (χ1v) is 7.61. The summed E-state index contributed by atoms with van der Waals surface area (Å²) in [5.74, 6) is 2.07. The number of fused-ring (bicyclic) bond motifs is 2. The maximum Gasteiger partial charge on any atom is 0.134 e. The van der Waals surface area contributed by atoms with Crippen LogP contribution in [0.15, 0.2) is 34.8 Å². The molecule has 2 aromatic rings. The highest BCUT2D eigenvalue weighted by atomic mass is 79.9. The number of rotatable bonds is 2. The third-order valence-corrected chi connectivity index (χ3v) is 4.20. The molecule has 98 valence electrons. The minimum absolute atomic E-state index is 0.963. The van der Waals surface area contributed by atoms with Crippen LogP contribution in [-0.2, 0) is 19.3 Å². The fourth-order valence-corrected chi connectivity index (χ4v) is 3.07. The smallest absolute Gasteiger partial charge is 0.134 e. The third-order valence-electron chi connectivity index (χ3n) is 3.71. The van der Waals surface area contributed by atoms with Gasteiger partial charge in [0.1, 0.15) is 11.5 Å². The molecule has 0 amide bonds. The third kappa shape index (κ3) is 2.30. The molecule has 0 radical (unpaired) electrons. The first kappa shape index (κ1) is 12.7. The molecule has 1 heterocycles. The topological polar surface area (TPSA) is 9.23 Å². The minimum atomic E-state index is 0.963. The van der Waals surface area contributed by atoms with Gasteiger partial charge in [-0.1, -0.05) is 41.9 Å². The molecule has 19 heavy (non-hydrogen) atoms. The fourth-order valence-electron chi connectivity index (χ4n) is 2.66. The zero-order chi connectivity index (χ0) is 13.4. The Bertz CT molecular complexity index is 631. The Labute approximate surface area is 122 Å². The van der Waals surface area contributed by atoms with Crippen LogP contribution < -0.4 is 4.74 Å². The van der Waals surface area contributed by atoms with Crippen LogP contribution in [0.2, 0.25) is 0 Å². The van der Waals surface area contributed by atoms with E-state index in [1.807, 2.05) is 6.07 Å². The number of hydrogen-bond acceptors (Lipinski definition) is 1. The molecular weight excluding hydrogens is 300 g/mol. The summed E-state index contributed by atoms with van der Waals surface area (Å²) in [4.78, 5) is 0.